The molecular weight excluding hydrogens is 406 g/mol. The van der Waals surface area contributed by atoms with Crippen molar-refractivity contribution in [2.45, 2.75) is 49.1 Å². The third-order valence-corrected chi connectivity index (χ3v) is 6.79. The minimum absolute atomic E-state index is 0.0668. The second kappa shape index (κ2) is 10.6. The fourth-order valence-corrected chi connectivity index (χ4v) is 5.12. The summed E-state index contributed by atoms with van der Waals surface area (Å²) in [4.78, 5) is 30.9. The zero-order valence-electron chi connectivity index (χ0n) is 16.8. The molecule has 1 aromatic carbocycles. The Kier molecular flexibility index (Phi) is 7.94. The minimum Gasteiger partial charge on any atom is -0.466 e. The van der Waals surface area contributed by atoms with Crippen molar-refractivity contribution >= 4 is 46.3 Å². The first-order valence-electron chi connectivity index (χ1n) is 9.97. The summed E-state index contributed by atoms with van der Waals surface area (Å²) >= 11 is 2.83. The van der Waals surface area contributed by atoms with Crippen LogP contribution in [0.1, 0.15) is 38.8 Å². The largest absolute Gasteiger partial charge is 0.466 e. The van der Waals surface area contributed by atoms with Gasteiger partial charge in [0.1, 0.15) is 0 Å². The van der Waals surface area contributed by atoms with Gasteiger partial charge in [-0.25, -0.2) is 4.98 Å². The van der Waals surface area contributed by atoms with Gasteiger partial charge in [-0.2, -0.15) is 0 Å². The van der Waals surface area contributed by atoms with E-state index in [2.05, 4.69) is 27.3 Å². The van der Waals surface area contributed by atoms with Gasteiger partial charge in [-0.3, -0.25) is 9.59 Å². The van der Waals surface area contributed by atoms with Crippen molar-refractivity contribution in [1.29, 1.82) is 0 Å². The quantitative estimate of drug-likeness (QED) is 0.493. The maximum Gasteiger partial charge on any atom is 0.311 e. The number of carbonyl (C=O) groups is 2. The van der Waals surface area contributed by atoms with Gasteiger partial charge in [0.05, 0.1) is 24.0 Å². The van der Waals surface area contributed by atoms with Crippen LogP contribution in [0.4, 0.5) is 11.4 Å². The highest BCUT2D eigenvalue weighted by molar-refractivity contribution is 8.02. The lowest BCUT2D eigenvalue weighted by atomic mass is 10.1. The number of nitrogens with one attached hydrogen (secondary N) is 1. The molecular formula is C21H27N3O3S2. The summed E-state index contributed by atoms with van der Waals surface area (Å²) < 4.78 is 5.71. The molecule has 1 aliphatic rings. The van der Waals surface area contributed by atoms with Crippen molar-refractivity contribution in [2.24, 2.45) is 0 Å². The fraction of sp³-hybridized carbons (Fsp3) is 0.476. The van der Waals surface area contributed by atoms with Crippen molar-refractivity contribution in [3.05, 3.63) is 35.3 Å². The van der Waals surface area contributed by atoms with Crippen LogP contribution >= 0.6 is 23.1 Å². The SMILES string of the molecule is CCOC(=O)Cc1csc(SC(C)C(=O)Nc2ccc(N3CCCCC3)cc2)n1. The van der Waals surface area contributed by atoms with Crippen molar-refractivity contribution in [1.82, 2.24) is 4.98 Å². The second-order valence-corrected chi connectivity index (χ2v) is 9.38. The van der Waals surface area contributed by atoms with Crippen molar-refractivity contribution in [3.63, 3.8) is 0 Å². The Bertz CT molecular complexity index is 817. The molecule has 1 N–H and O–H groups in total. The van der Waals surface area contributed by atoms with Crippen LogP contribution in [0.25, 0.3) is 0 Å². The summed E-state index contributed by atoms with van der Waals surface area (Å²) in [5.74, 6) is -0.351. The van der Waals surface area contributed by atoms with Crippen LogP contribution in [-0.4, -0.2) is 41.8 Å². The fourth-order valence-electron chi connectivity index (χ4n) is 3.14. The Morgan fingerprint density at radius 3 is 2.66 bits per heavy atom. The van der Waals surface area contributed by atoms with Gasteiger partial charge in [0.25, 0.3) is 0 Å². The highest BCUT2D eigenvalue weighted by Gasteiger charge is 2.18. The van der Waals surface area contributed by atoms with Gasteiger partial charge < -0.3 is 15.0 Å². The highest BCUT2D eigenvalue weighted by Crippen LogP contribution is 2.28. The van der Waals surface area contributed by atoms with E-state index < -0.39 is 0 Å². The average Bonchev–Trinajstić information content (AvgIpc) is 3.16. The van der Waals surface area contributed by atoms with E-state index in [9.17, 15) is 9.59 Å². The number of esters is 1. The molecule has 0 radical (unpaired) electrons. The summed E-state index contributed by atoms with van der Waals surface area (Å²) in [5, 5.41) is 4.52. The lowest BCUT2D eigenvalue weighted by Gasteiger charge is -2.28. The summed E-state index contributed by atoms with van der Waals surface area (Å²) in [5.41, 5.74) is 2.68. The maximum atomic E-state index is 12.5. The van der Waals surface area contributed by atoms with Crippen LogP contribution < -0.4 is 10.2 Å². The zero-order valence-corrected chi connectivity index (χ0v) is 18.5. The van der Waals surface area contributed by atoms with Crippen LogP contribution in [0.2, 0.25) is 0 Å². The third kappa shape index (κ3) is 6.47. The van der Waals surface area contributed by atoms with Crippen LogP contribution in [0.3, 0.4) is 0 Å². The van der Waals surface area contributed by atoms with E-state index in [1.807, 2.05) is 24.4 Å². The van der Waals surface area contributed by atoms with Crippen LogP contribution in [0.5, 0.6) is 0 Å². The molecule has 1 atom stereocenters. The van der Waals surface area contributed by atoms with Gasteiger partial charge in [0, 0.05) is 29.8 Å². The third-order valence-electron chi connectivity index (χ3n) is 4.66. The number of benzene rings is 1. The number of aromatic nitrogens is 1. The molecule has 2 aromatic rings. The van der Waals surface area contributed by atoms with Crippen LogP contribution in [0.15, 0.2) is 34.0 Å². The molecule has 1 unspecified atom stereocenters. The maximum absolute atomic E-state index is 12.5. The van der Waals surface area contributed by atoms with Gasteiger partial charge in [0.2, 0.25) is 5.91 Å². The first-order chi connectivity index (χ1) is 14.0. The van der Waals surface area contributed by atoms with Crippen LogP contribution in [0, 0.1) is 0 Å². The van der Waals surface area contributed by atoms with E-state index in [1.165, 1.54) is 48.0 Å². The summed E-state index contributed by atoms with van der Waals surface area (Å²) in [7, 11) is 0. The van der Waals surface area contributed by atoms with E-state index in [4.69, 9.17) is 4.74 Å². The molecule has 1 fully saturated rings. The minimum atomic E-state index is -0.293. The van der Waals surface area contributed by atoms with Gasteiger partial charge in [-0.05, 0) is 57.4 Å². The molecule has 0 bridgehead atoms. The van der Waals surface area contributed by atoms with Crippen molar-refractivity contribution < 1.29 is 14.3 Å². The smallest absolute Gasteiger partial charge is 0.311 e. The molecule has 6 nitrogen and oxygen atoms in total. The Balaban J connectivity index is 1.50. The Morgan fingerprint density at radius 2 is 1.97 bits per heavy atom. The number of hydrogen-bond donors (Lipinski definition) is 1. The van der Waals surface area contributed by atoms with Gasteiger partial charge in [-0.15, -0.1) is 11.3 Å². The monoisotopic (exact) mass is 433 g/mol. The molecule has 1 aliphatic heterocycles. The average molecular weight is 434 g/mol. The number of anilines is 2. The normalized spacial score (nSPS) is 15.0. The van der Waals surface area contributed by atoms with E-state index in [0.717, 1.165) is 23.1 Å². The number of hydrogen-bond acceptors (Lipinski definition) is 7. The Hall–Kier alpha value is -2.06. The van der Waals surface area contributed by atoms with Gasteiger partial charge in [-0.1, -0.05) is 11.8 Å². The number of nitrogens with zero attached hydrogens (tertiary/aromatic N) is 2. The highest BCUT2D eigenvalue weighted by atomic mass is 32.2. The van der Waals surface area contributed by atoms with E-state index in [-0.39, 0.29) is 23.5 Å². The number of ether oxygens (including phenoxy) is 1. The molecule has 0 aliphatic carbocycles. The molecule has 3 rings (SSSR count). The number of carbonyl (C=O) groups excluding carboxylic acids is 2. The number of amides is 1. The predicted molar refractivity (Wildman–Crippen MR) is 119 cm³/mol. The Morgan fingerprint density at radius 1 is 1.24 bits per heavy atom. The number of rotatable bonds is 8. The lowest BCUT2D eigenvalue weighted by molar-refractivity contribution is -0.142. The topological polar surface area (TPSA) is 71.5 Å². The standard InChI is InChI=1S/C21H27N3O3S2/c1-3-27-19(25)13-17-14-28-21(23-17)29-15(2)20(26)22-16-7-9-18(10-8-16)24-11-5-4-6-12-24/h7-10,14-15H,3-6,11-13H2,1-2H3,(H,22,26). The number of thiazole rings is 1. The van der Waals surface area contributed by atoms with Crippen molar-refractivity contribution in [2.75, 3.05) is 29.9 Å². The second-order valence-electron chi connectivity index (χ2n) is 6.93. The molecule has 2 heterocycles. The summed E-state index contributed by atoms with van der Waals surface area (Å²) in [6.45, 7) is 6.20. The molecule has 156 valence electrons. The number of piperidine rings is 1. The first kappa shape index (κ1) is 21.6. The van der Waals surface area contributed by atoms with E-state index in [0.29, 0.717) is 12.3 Å². The molecule has 0 spiro atoms. The summed E-state index contributed by atoms with van der Waals surface area (Å²) in [6, 6.07) is 8.06. The van der Waals surface area contributed by atoms with Crippen molar-refractivity contribution in [3.8, 4) is 0 Å². The van der Waals surface area contributed by atoms with E-state index in [1.54, 1.807) is 6.92 Å². The van der Waals surface area contributed by atoms with Gasteiger partial charge in [0.15, 0.2) is 4.34 Å². The molecule has 29 heavy (non-hydrogen) atoms. The summed E-state index contributed by atoms with van der Waals surface area (Å²) in [6.07, 6.45) is 3.95. The van der Waals surface area contributed by atoms with E-state index >= 15 is 0 Å². The molecule has 1 amide bonds. The Labute approximate surface area is 180 Å². The van der Waals surface area contributed by atoms with Gasteiger partial charge >= 0.3 is 5.97 Å². The lowest BCUT2D eigenvalue weighted by Crippen LogP contribution is -2.29. The molecule has 0 saturated carbocycles. The zero-order chi connectivity index (χ0) is 20.6. The molecule has 1 aromatic heterocycles. The first-order valence-corrected chi connectivity index (χ1v) is 11.7. The van der Waals surface area contributed by atoms with Crippen LogP contribution in [-0.2, 0) is 20.7 Å². The molecule has 1 saturated heterocycles. The number of thioether (sulfide) groups is 1. The molecule has 8 heteroatoms. The predicted octanol–water partition coefficient (Wildman–Crippen LogP) is 4.36.